The molecule has 2 rings (SSSR count). The zero-order chi connectivity index (χ0) is 17.2. The molecule has 0 unspecified atom stereocenters. The van der Waals surface area contributed by atoms with Gasteiger partial charge in [0, 0.05) is 33.4 Å². The molecule has 1 aromatic heterocycles. The monoisotopic (exact) mass is 327 g/mol. The number of carbonyl (C=O) groups is 1. The van der Waals surface area contributed by atoms with Gasteiger partial charge < -0.3 is 15.0 Å². The average Bonchev–Trinajstić information content (AvgIpc) is 2.64. The molecule has 0 atom stereocenters. The molecule has 5 heteroatoms. The lowest BCUT2D eigenvalue weighted by Gasteiger charge is -2.23. The summed E-state index contributed by atoms with van der Waals surface area (Å²) in [6, 6.07) is 14.0. The lowest BCUT2D eigenvalue weighted by Crippen LogP contribution is -2.26. The molecule has 0 spiro atoms. The lowest BCUT2D eigenvalue weighted by atomic mass is 10.2. The molecule has 1 heterocycles. The highest BCUT2D eigenvalue weighted by Gasteiger charge is 2.09. The maximum absolute atomic E-state index is 12.0. The Labute approximate surface area is 143 Å². The number of hydrogen-bond donors (Lipinski definition) is 1. The van der Waals surface area contributed by atoms with Crippen molar-refractivity contribution in [3.05, 3.63) is 59.9 Å². The number of hydrogen-bond acceptors (Lipinski definition) is 4. The average molecular weight is 327 g/mol. The molecule has 0 bridgehead atoms. The number of pyridine rings is 1. The van der Waals surface area contributed by atoms with Crippen LogP contribution in [0.5, 0.6) is 0 Å². The number of methoxy groups -OCH3 is 1. The van der Waals surface area contributed by atoms with Gasteiger partial charge in [0.05, 0.1) is 11.9 Å². The van der Waals surface area contributed by atoms with Crippen molar-refractivity contribution in [3.63, 3.8) is 0 Å². The number of nitrogens with one attached hydrogen (secondary N) is 1. The van der Waals surface area contributed by atoms with Crippen molar-refractivity contribution in [1.82, 2.24) is 10.3 Å². The van der Waals surface area contributed by atoms with E-state index in [0.29, 0.717) is 18.8 Å². The molecule has 128 valence electrons. The van der Waals surface area contributed by atoms with E-state index < -0.39 is 0 Å². The van der Waals surface area contributed by atoms with Gasteiger partial charge in [0.1, 0.15) is 5.69 Å². The van der Waals surface area contributed by atoms with Crippen LogP contribution in [0.25, 0.3) is 0 Å². The van der Waals surface area contributed by atoms with Crippen LogP contribution in [0.15, 0.2) is 48.7 Å². The first-order chi connectivity index (χ1) is 11.7. The number of amides is 1. The fourth-order valence-corrected chi connectivity index (χ4v) is 2.41. The lowest BCUT2D eigenvalue weighted by molar-refractivity contribution is 0.0943. The maximum Gasteiger partial charge on any atom is 0.269 e. The number of anilines is 1. The molecule has 0 radical (unpaired) electrons. The van der Waals surface area contributed by atoms with E-state index >= 15 is 0 Å². The van der Waals surface area contributed by atoms with Crippen LogP contribution in [0.4, 0.5) is 5.69 Å². The summed E-state index contributed by atoms with van der Waals surface area (Å²) in [5.41, 5.74) is 2.70. The first kappa shape index (κ1) is 17.9. The molecule has 1 aromatic carbocycles. The summed E-state index contributed by atoms with van der Waals surface area (Å²) in [5.74, 6) is -0.149. The molecule has 0 aliphatic heterocycles. The van der Waals surface area contributed by atoms with Gasteiger partial charge in [0.2, 0.25) is 0 Å². The van der Waals surface area contributed by atoms with Crippen LogP contribution in [0, 0.1) is 0 Å². The Balaban J connectivity index is 1.95. The SMILES string of the molecule is CCN(Cc1ccccc1)c1ccc(C(=O)NCCCOC)nc1. The molecule has 2 aromatic rings. The molecule has 0 aliphatic carbocycles. The van der Waals surface area contributed by atoms with Gasteiger partial charge in [-0.05, 0) is 31.0 Å². The van der Waals surface area contributed by atoms with Crippen LogP contribution >= 0.6 is 0 Å². The molecule has 1 amide bonds. The van der Waals surface area contributed by atoms with Crippen molar-refractivity contribution in [2.75, 3.05) is 31.7 Å². The second kappa shape index (κ2) is 9.67. The number of carbonyl (C=O) groups excluding carboxylic acids is 1. The first-order valence-corrected chi connectivity index (χ1v) is 8.26. The third-order valence-electron chi connectivity index (χ3n) is 3.75. The second-order valence-corrected chi connectivity index (χ2v) is 5.50. The summed E-state index contributed by atoms with van der Waals surface area (Å²) in [4.78, 5) is 18.5. The highest BCUT2D eigenvalue weighted by Crippen LogP contribution is 2.16. The second-order valence-electron chi connectivity index (χ2n) is 5.50. The molecule has 0 aliphatic rings. The van der Waals surface area contributed by atoms with Gasteiger partial charge in [-0.1, -0.05) is 30.3 Å². The van der Waals surface area contributed by atoms with E-state index in [-0.39, 0.29) is 5.91 Å². The standard InChI is InChI=1S/C19H25N3O2/c1-3-22(15-16-8-5-4-6-9-16)17-10-11-18(21-14-17)19(23)20-12-7-13-24-2/h4-6,8-11,14H,3,7,12-13,15H2,1-2H3,(H,20,23). The van der Waals surface area contributed by atoms with E-state index in [1.807, 2.05) is 24.3 Å². The minimum absolute atomic E-state index is 0.149. The normalized spacial score (nSPS) is 10.4. The number of rotatable bonds is 9. The highest BCUT2D eigenvalue weighted by atomic mass is 16.5. The van der Waals surface area contributed by atoms with Crippen LogP contribution in [0.1, 0.15) is 29.4 Å². The molecule has 0 saturated heterocycles. The van der Waals surface area contributed by atoms with Crippen LogP contribution < -0.4 is 10.2 Å². The van der Waals surface area contributed by atoms with Crippen LogP contribution in [-0.4, -0.2) is 37.7 Å². The predicted octanol–water partition coefficient (Wildman–Crippen LogP) is 2.87. The minimum atomic E-state index is -0.149. The van der Waals surface area contributed by atoms with Crippen molar-refractivity contribution in [3.8, 4) is 0 Å². The Kier molecular flexibility index (Phi) is 7.23. The maximum atomic E-state index is 12.0. The van der Waals surface area contributed by atoms with Crippen LogP contribution in [0.2, 0.25) is 0 Å². The topological polar surface area (TPSA) is 54.5 Å². The largest absolute Gasteiger partial charge is 0.385 e. The summed E-state index contributed by atoms with van der Waals surface area (Å²) in [6.45, 7) is 5.03. The van der Waals surface area contributed by atoms with E-state index in [1.54, 1.807) is 19.4 Å². The number of aromatic nitrogens is 1. The zero-order valence-corrected chi connectivity index (χ0v) is 14.4. The van der Waals surface area contributed by atoms with Gasteiger partial charge in [-0.3, -0.25) is 4.79 Å². The first-order valence-electron chi connectivity index (χ1n) is 8.26. The van der Waals surface area contributed by atoms with Gasteiger partial charge >= 0.3 is 0 Å². The number of nitrogens with zero attached hydrogens (tertiary/aromatic N) is 2. The van der Waals surface area contributed by atoms with Gasteiger partial charge in [0.25, 0.3) is 5.91 Å². The quantitative estimate of drug-likeness (QED) is 0.720. The van der Waals surface area contributed by atoms with Gasteiger partial charge in [-0.15, -0.1) is 0 Å². The Morgan fingerprint density at radius 3 is 2.62 bits per heavy atom. The van der Waals surface area contributed by atoms with E-state index in [1.165, 1.54) is 5.56 Å². The summed E-state index contributed by atoms with van der Waals surface area (Å²) in [6.07, 6.45) is 2.55. The van der Waals surface area contributed by atoms with Crippen molar-refractivity contribution in [2.45, 2.75) is 19.9 Å². The van der Waals surface area contributed by atoms with Gasteiger partial charge in [-0.25, -0.2) is 4.98 Å². The molecule has 5 nitrogen and oxygen atoms in total. The molecular formula is C19H25N3O2. The Morgan fingerprint density at radius 2 is 2.00 bits per heavy atom. The number of ether oxygens (including phenoxy) is 1. The molecule has 1 N–H and O–H groups in total. The molecule has 0 saturated carbocycles. The van der Waals surface area contributed by atoms with Crippen molar-refractivity contribution in [2.24, 2.45) is 0 Å². The molecule has 24 heavy (non-hydrogen) atoms. The third-order valence-corrected chi connectivity index (χ3v) is 3.75. The highest BCUT2D eigenvalue weighted by molar-refractivity contribution is 5.92. The van der Waals surface area contributed by atoms with Crippen molar-refractivity contribution < 1.29 is 9.53 Å². The van der Waals surface area contributed by atoms with E-state index in [9.17, 15) is 4.79 Å². The Bertz CT molecular complexity index is 614. The summed E-state index contributed by atoms with van der Waals surface area (Å²) >= 11 is 0. The Hall–Kier alpha value is -2.40. The summed E-state index contributed by atoms with van der Waals surface area (Å²) < 4.78 is 4.96. The van der Waals surface area contributed by atoms with E-state index in [0.717, 1.165) is 25.2 Å². The summed E-state index contributed by atoms with van der Waals surface area (Å²) in [7, 11) is 1.65. The third kappa shape index (κ3) is 5.35. The number of benzene rings is 1. The van der Waals surface area contributed by atoms with Gasteiger partial charge in [0.15, 0.2) is 0 Å². The summed E-state index contributed by atoms with van der Waals surface area (Å²) in [5, 5.41) is 2.84. The van der Waals surface area contributed by atoms with Crippen molar-refractivity contribution in [1.29, 1.82) is 0 Å². The molecule has 0 fully saturated rings. The van der Waals surface area contributed by atoms with Crippen LogP contribution in [-0.2, 0) is 11.3 Å². The Morgan fingerprint density at radius 1 is 1.21 bits per heavy atom. The predicted molar refractivity (Wildman–Crippen MR) is 96.2 cm³/mol. The fraction of sp³-hybridized carbons (Fsp3) is 0.368. The molecular weight excluding hydrogens is 302 g/mol. The van der Waals surface area contributed by atoms with E-state index in [2.05, 4.69) is 34.3 Å². The fourth-order valence-electron chi connectivity index (χ4n) is 2.41. The zero-order valence-electron chi connectivity index (χ0n) is 14.4. The van der Waals surface area contributed by atoms with Crippen molar-refractivity contribution >= 4 is 11.6 Å². The smallest absolute Gasteiger partial charge is 0.269 e. The van der Waals surface area contributed by atoms with Crippen LogP contribution in [0.3, 0.4) is 0 Å². The van der Waals surface area contributed by atoms with E-state index in [4.69, 9.17) is 4.74 Å². The van der Waals surface area contributed by atoms with Gasteiger partial charge in [-0.2, -0.15) is 0 Å². The minimum Gasteiger partial charge on any atom is -0.385 e.